The van der Waals surface area contributed by atoms with Gasteiger partial charge in [-0.2, -0.15) is 0 Å². The molecular formula is C16H14Br2O. The number of hydrogen-bond acceptors (Lipinski definition) is 1. The molecule has 1 aliphatic carbocycles. The topological polar surface area (TPSA) is 20.2 Å². The number of benzene rings is 2. The lowest BCUT2D eigenvalue weighted by molar-refractivity contribution is 0.151. The fraction of sp³-hybridized carbons (Fsp3) is 0.250. The number of aliphatic hydroxyl groups is 1. The number of halogens is 2. The van der Waals surface area contributed by atoms with E-state index in [1.165, 1.54) is 5.56 Å². The van der Waals surface area contributed by atoms with E-state index >= 15 is 0 Å². The third-order valence-electron chi connectivity index (χ3n) is 3.70. The van der Waals surface area contributed by atoms with Crippen molar-refractivity contribution in [3.05, 3.63) is 68.6 Å². The van der Waals surface area contributed by atoms with Gasteiger partial charge in [-0.05, 0) is 47.6 Å². The third kappa shape index (κ3) is 2.93. The van der Waals surface area contributed by atoms with Gasteiger partial charge in [0.05, 0.1) is 6.10 Å². The molecule has 0 aliphatic heterocycles. The molecule has 19 heavy (non-hydrogen) atoms. The van der Waals surface area contributed by atoms with Gasteiger partial charge in [-0.15, -0.1) is 0 Å². The highest BCUT2D eigenvalue weighted by Gasteiger charge is 2.43. The Bertz CT molecular complexity index is 562. The summed E-state index contributed by atoms with van der Waals surface area (Å²) in [7, 11) is 0. The summed E-state index contributed by atoms with van der Waals surface area (Å²) in [5.41, 5.74) is 2.31. The molecule has 1 fully saturated rings. The molecule has 0 aromatic heterocycles. The van der Waals surface area contributed by atoms with Crippen molar-refractivity contribution in [3.63, 3.8) is 0 Å². The van der Waals surface area contributed by atoms with Crippen LogP contribution in [0, 0.1) is 5.92 Å². The molecule has 0 heterocycles. The van der Waals surface area contributed by atoms with Gasteiger partial charge in [-0.25, -0.2) is 0 Å². The number of hydrogen-bond donors (Lipinski definition) is 1. The van der Waals surface area contributed by atoms with Gasteiger partial charge in [-0.1, -0.05) is 62.2 Å². The van der Waals surface area contributed by atoms with Crippen molar-refractivity contribution in [1.82, 2.24) is 0 Å². The molecule has 1 saturated carbocycles. The van der Waals surface area contributed by atoms with Crippen LogP contribution in [0.4, 0.5) is 0 Å². The molecule has 3 heteroatoms. The van der Waals surface area contributed by atoms with E-state index in [9.17, 15) is 5.11 Å². The molecule has 0 amide bonds. The molecule has 2 aromatic rings. The zero-order valence-corrected chi connectivity index (χ0v) is 13.4. The Morgan fingerprint density at radius 1 is 1.00 bits per heavy atom. The Morgan fingerprint density at radius 3 is 2.26 bits per heavy atom. The van der Waals surface area contributed by atoms with Crippen LogP contribution in [0.25, 0.3) is 0 Å². The van der Waals surface area contributed by atoms with Crippen LogP contribution in [-0.4, -0.2) is 5.11 Å². The van der Waals surface area contributed by atoms with Crippen LogP contribution >= 0.6 is 31.9 Å². The van der Waals surface area contributed by atoms with Gasteiger partial charge in [0.25, 0.3) is 0 Å². The Labute approximate surface area is 129 Å². The first-order chi connectivity index (χ1) is 9.15. The first-order valence-corrected chi connectivity index (χ1v) is 7.93. The fourth-order valence-corrected chi connectivity index (χ4v) is 3.97. The Balaban J connectivity index is 1.78. The SMILES string of the molecule is OC(c1cc(Br)cc(Br)c1)C1CC1c1ccccc1. The van der Waals surface area contributed by atoms with Crippen LogP contribution in [0.3, 0.4) is 0 Å². The smallest absolute Gasteiger partial charge is 0.0825 e. The Morgan fingerprint density at radius 2 is 1.63 bits per heavy atom. The van der Waals surface area contributed by atoms with Crippen molar-refractivity contribution in [2.24, 2.45) is 5.92 Å². The Hall–Kier alpha value is -0.640. The second-order valence-electron chi connectivity index (χ2n) is 5.06. The second-order valence-corrected chi connectivity index (χ2v) is 6.90. The average Bonchev–Trinajstić information content (AvgIpc) is 3.18. The van der Waals surface area contributed by atoms with Crippen LogP contribution in [0.15, 0.2) is 57.5 Å². The van der Waals surface area contributed by atoms with Gasteiger partial charge in [0.1, 0.15) is 0 Å². The van der Waals surface area contributed by atoms with E-state index in [2.05, 4.69) is 56.1 Å². The summed E-state index contributed by atoms with van der Waals surface area (Å²) in [4.78, 5) is 0. The van der Waals surface area contributed by atoms with E-state index < -0.39 is 0 Å². The van der Waals surface area contributed by atoms with Crippen molar-refractivity contribution in [3.8, 4) is 0 Å². The van der Waals surface area contributed by atoms with E-state index in [0.29, 0.717) is 11.8 Å². The summed E-state index contributed by atoms with van der Waals surface area (Å²) in [6, 6.07) is 16.4. The van der Waals surface area contributed by atoms with E-state index in [4.69, 9.17) is 0 Å². The maximum Gasteiger partial charge on any atom is 0.0825 e. The van der Waals surface area contributed by atoms with Crippen molar-refractivity contribution in [2.45, 2.75) is 18.4 Å². The van der Waals surface area contributed by atoms with Crippen molar-refractivity contribution in [2.75, 3.05) is 0 Å². The molecule has 1 aliphatic rings. The molecular weight excluding hydrogens is 368 g/mol. The van der Waals surface area contributed by atoms with E-state index in [1.54, 1.807) is 0 Å². The lowest BCUT2D eigenvalue weighted by Crippen LogP contribution is -2.01. The molecule has 1 N–H and O–H groups in total. The zero-order valence-electron chi connectivity index (χ0n) is 10.3. The predicted octanol–water partition coefficient (Wildman–Crippen LogP) is 5.05. The normalized spacial score (nSPS) is 23.1. The van der Waals surface area contributed by atoms with E-state index in [-0.39, 0.29) is 6.10 Å². The molecule has 0 bridgehead atoms. The number of aliphatic hydroxyl groups excluding tert-OH is 1. The predicted molar refractivity (Wildman–Crippen MR) is 84.1 cm³/mol. The van der Waals surface area contributed by atoms with Crippen molar-refractivity contribution in [1.29, 1.82) is 0 Å². The molecule has 0 spiro atoms. The number of rotatable bonds is 3. The quantitative estimate of drug-likeness (QED) is 0.788. The standard InChI is InChI=1S/C16H14Br2O/c17-12-6-11(7-13(18)8-12)16(19)15-9-14(15)10-4-2-1-3-5-10/h1-8,14-16,19H,9H2. The van der Waals surface area contributed by atoms with Gasteiger partial charge >= 0.3 is 0 Å². The summed E-state index contributed by atoms with van der Waals surface area (Å²) in [6.07, 6.45) is 0.675. The molecule has 98 valence electrons. The molecule has 0 saturated heterocycles. The van der Waals surface area contributed by atoms with Crippen molar-refractivity contribution < 1.29 is 5.11 Å². The van der Waals surface area contributed by atoms with Crippen LogP contribution in [0.5, 0.6) is 0 Å². The summed E-state index contributed by atoms with van der Waals surface area (Å²) < 4.78 is 1.99. The molecule has 0 radical (unpaired) electrons. The van der Waals surface area contributed by atoms with E-state index in [0.717, 1.165) is 20.9 Å². The highest BCUT2D eigenvalue weighted by Crippen LogP contribution is 2.54. The average molecular weight is 382 g/mol. The van der Waals surface area contributed by atoms with Crippen LogP contribution in [0.2, 0.25) is 0 Å². The highest BCUT2D eigenvalue weighted by atomic mass is 79.9. The second kappa shape index (κ2) is 5.39. The van der Waals surface area contributed by atoms with Gasteiger partial charge in [-0.3, -0.25) is 0 Å². The molecule has 3 atom stereocenters. The molecule has 3 rings (SSSR count). The van der Waals surface area contributed by atoms with Crippen LogP contribution < -0.4 is 0 Å². The molecule has 1 nitrogen and oxygen atoms in total. The monoisotopic (exact) mass is 380 g/mol. The fourth-order valence-electron chi connectivity index (χ4n) is 2.64. The zero-order chi connectivity index (χ0) is 13.4. The van der Waals surface area contributed by atoms with Gasteiger partial charge in [0.2, 0.25) is 0 Å². The minimum absolute atomic E-state index is 0.337. The van der Waals surface area contributed by atoms with Gasteiger partial charge in [0.15, 0.2) is 0 Å². The molecule has 3 unspecified atom stereocenters. The minimum atomic E-state index is -0.390. The maximum absolute atomic E-state index is 10.5. The first kappa shape index (κ1) is 13.3. The summed E-state index contributed by atoms with van der Waals surface area (Å²) in [5.74, 6) is 0.831. The van der Waals surface area contributed by atoms with Crippen molar-refractivity contribution >= 4 is 31.9 Å². The van der Waals surface area contributed by atoms with Crippen LogP contribution in [0.1, 0.15) is 29.6 Å². The first-order valence-electron chi connectivity index (χ1n) is 6.34. The summed E-state index contributed by atoms with van der Waals surface area (Å²) in [6.45, 7) is 0. The lowest BCUT2D eigenvalue weighted by Gasteiger charge is -2.12. The molecule has 2 aromatic carbocycles. The van der Waals surface area contributed by atoms with E-state index in [1.807, 2.05) is 24.3 Å². The Kier molecular flexibility index (Phi) is 3.79. The largest absolute Gasteiger partial charge is 0.388 e. The maximum atomic E-state index is 10.5. The highest BCUT2D eigenvalue weighted by molar-refractivity contribution is 9.11. The lowest BCUT2D eigenvalue weighted by atomic mass is 10.0. The third-order valence-corrected chi connectivity index (χ3v) is 4.62. The summed E-state index contributed by atoms with van der Waals surface area (Å²) in [5, 5.41) is 10.5. The van der Waals surface area contributed by atoms with Gasteiger partial charge in [0, 0.05) is 8.95 Å². The van der Waals surface area contributed by atoms with Crippen LogP contribution in [-0.2, 0) is 0 Å². The minimum Gasteiger partial charge on any atom is -0.388 e. The van der Waals surface area contributed by atoms with Gasteiger partial charge < -0.3 is 5.11 Å². The summed E-state index contributed by atoms with van der Waals surface area (Å²) >= 11 is 6.94.